The fraction of sp³-hybridized carbons (Fsp3) is 0.333. The van der Waals surface area contributed by atoms with E-state index in [1.165, 1.54) is 28.0 Å². The highest BCUT2D eigenvalue weighted by molar-refractivity contribution is 7.10. The van der Waals surface area contributed by atoms with Gasteiger partial charge in [-0.1, -0.05) is 31.2 Å². The van der Waals surface area contributed by atoms with Gasteiger partial charge >= 0.3 is 0 Å². The molecule has 0 spiro atoms. The monoisotopic (exact) mass is 245 g/mol. The molecule has 2 aromatic rings. The average Bonchev–Trinajstić information content (AvgIpc) is 2.76. The Morgan fingerprint density at radius 1 is 1.12 bits per heavy atom. The fourth-order valence-electron chi connectivity index (χ4n) is 2.00. The van der Waals surface area contributed by atoms with E-state index >= 15 is 0 Å². The van der Waals surface area contributed by atoms with Crippen LogP contribution in [0, 0.1) is 6.92 Å². The lowest BCUT2D eigenvalue weighted by Gasteiger charge is -2.10. The summed E-state index contributed by atoms with van der Waals surface area (Å²) >= 11 is 1.82. The van der Waals surface area contributed by atoms with Gasteiger partial charge in [0.25, 0.3) is 0 Å². The number of benzene rings is 1. The lowest BCUT2D eigenvalue weighted by Crippen LogP contribution is -2.14. The molecule has 1 aromatic carbocycles. The van der Waals surface area contributed by atoms with Crippen LogP contribution in [0.4, 0.5) is 0 Å². The van der Waals surface area contributed by atoms with Crippen LogP contribution in [0.3, 0.4) is 0 Å². The van der Waals surface area contributed by atoms with Gasteiger partial charge in [0.05, 0.1) is 0 Å². The number of rotatable bonds is 5. The van der Waals surface area contributed by atoms with Crippen molar-refractivity contribution in [3.8, 4) is 11.1 Å². The highest BCUT2D eigenvalue weighted by atomic mass is 32.1. The van der Waals surface area contributed by atoms with Gasteiger partial charge in [-0.25, -0.2) is 0 Å². The lowest BCUT2D eigenvalue weighted by atomic mass is 10.0. The molecule has 0 fully saturated rings. The van der Waals surface area contributed by atoms with Gasteiger partial charge in [0, 0.05) is 11.4 Å². The largest absolute Gasteiger partial charge is 0.313 e. The maximum absolute atomic E-state index is 3.48. The van der Waals surface area contributed by atoms with Crippen molar-refractivity contribution in [3.63, 3.8) is 0 Å². The molecule has 2 heteroatoms. The Morgan fingerprint density at radius 2 is 1.94 bits per heavy atom. The Morgan fingerprint density at radius 3 is 2.65 bits per heavy atom. The third kappa shape index (κ3) is 2.96. The molecule has 0 amide bonds. The highest BCUT2D eigenvalue weighted by Gasteiger charge is 2.07. The summed E-state index contributed by atoms with van der Waals surface area (Å²) in [7, 11) is 0. The van der Waals surface area contributed by atoms with Gasteiger partial charge in [-0.05, 0) is 48.0 Å². The molecule has 0 saturated carbocycles. The van der Waals surface area contributed by atoms with Crippen molar-refractivity contribution in [2.45, 2.75) is 26.8 Å². The summed E-state index contributed by atoms with van der Waals surface area (Å²) in [4.78, 5) is 1.40. The van der Waals surface area contributed by atoms with E-state index in [1.807, 2.05) is 11.3 Å². The second-order valence-electron chi connectivity index (χ2n) is 4.22. The van der Waals surface area contributed by atoms with Crippen LogP contribution in [0.5, 0.6) is 0 Å². The standard InChI is InChI=1S/C15H19NS/c1-3-9-16-11-13-6-4-5-7-15(13)14-8-10-17-12(14)2/h4-8,10,16H,3,9,11H2,1-2H3. The van der Waals surface area contributed by atoms with Crippen molar-refractivity contribution in [1.82, 2.24) is 5.32 Å². The molecule has 0 atom stereocenters. The topological polar surface area (TPSA) is 12.0 Å². The van der Waals surface area contributed by atoms with E-state index in [0.717, 1.165) is 13.1 Å². The van der Waals surface area contributed by atoms with Crippen LogP contribution >= 0.6 is 11.3 Å². The molecular formula is C15H19NS. The van der Waals surface area contributed by atoms with E-state index in [1.54, 1.807) is 0 Å². The Kier molecular flexibility index (Phi) is 4.35. The zero-order valence-corrected chi connectivity index (χ0v) is 11.3. The third-order valence-electron chi connectivity index (χ3n) is 2.91. The van der Waals surface area contributed by atoms with Gasteiger partial charge < -0.3 is 5.32 Å². The molecule has 1 heterocycles. The van der Waals surface area contributed by atoms with Crippen LogP contribution in [0.2, 0.25) is 0 Å². The Bertz CT molecular complexity index is 473. The summed E-state index contributed by atoms with van der Waals surface area (Å²) in [6, 6.07) is 10.9. The van der Waals surface area contributed by atoms with Crippen molar-refractivity contribution in [2.75, 3.05) is 6.54 Å². The smallest absolute Gasteiger partial charge is 0.0211 e. The fourth-order valence-corrected chi connectivity index (χ4v) is 2.71. The van der Waals surface area contributed by atoms with E-state index in [-0.39, 0.29) is 0 Å². The van der Waals surface area contributed by atoms with Crippen molar-refractivity contribution in [3.05, 3.63) is 46.2 Å². The van der Waals surface area contributed by atoms with Crippen LogP contribution in [-0.2, 0) is 6.54 Å². The van der Waals surface area contributed by atoms with E-state index in [2.05, 4.69) is 54.9 Å². The first-order valence-corrected chi connectivity index (χ1v) is 7.04. The first-order chi connectivity index (χ1) is 8.33. The second-order valence-corrected chi connectivity index (χ2v) is 5.34. The minimum Gasteiger partial charge on any atom is -0.313 e. The van der Waals surface area contributed by atoms with Gasteiger partial charge in [0.2, 0.25) is 0 Å². The van der Waals surface area contributed by atoms with Crippen molar-refractivity contribution < 1.29 is 0 Å². The number of thiophene rings is 1. The van der Waals surface area contributed by atoms with Crippen molar-refractivity contribution in [1.29, 1.82) is 0 Å². The quantitative estimate of drug-likeness (QED) is 0.778. The Balaban J connectivity index is 2.25. The molecule has 1 nitrogen and oxygen atoms in total. The summed E-state index contributed by atoms with van der Waals surface area (Å²) < 4.78 is 0. The van der Waals surface area contributed by atoms with Gasteiger partial charge in [0.1, 0.15) is 0 Å². The summed E-state index contributed by atoms with van der Waals surface area (Å²) in [6.45, 7) is 6.43. The van der Waals surface area contributed by atoms with E-state index in [4.69, 9.17) is 0 Å². The van der Waals surface area contributed by atoms with E-state index in [9.17, 15) is 0 Å². The van der Waals surface area contributed by atoms with E-state index in [0.29, 0.717) is 0 Å². The van der Waals surface area contributed by atoms with Crippen LogP contribution in [0.15, 0.2) is 35.7 Å². The SMILES string of the molecule is CCCNCc1ccccc1-c1ccsc1C. The summed E-state index contributed by atoms with van der Waals surface area (Å²) in [6.07, 6.45) is 1.18. The molecular weight excluding hydrogens is 226 g/mol. The highest BCUT2D eigenvalue weighted by Crippen LogP contribution is 2.30. The molecule has 90 valence electrons. The van der Waals surface area contributed by atoms with Gasteiger partial charge in [-0.2, -0.15) is 0 Å². The number of aryl methyl sites for hydroxylation is 1. The molecule has 17 heavy (non-hydrogen) atoms. The molecule has 0 unspecified atom stereocenters. The predicted octanol–water partition coefficient (Wildman–Crippen LogP) is 4.22. The molecule has 0 bridgehead atoms. The summed E-state index contributed by atoms with van der Waals surface area (Å²) in [5, 5.41) is 5.64. The zero-order valence-electron chi connectivity index (χ0n) is 10.5. The first-order valence-electron chi connectivity index (χ1n) is 6.16. The lowest BCUT2D eigenvalue weighted by molar-refractivity contribution is 0.676. The van der Waals surface area contributed by atoms with Gasteiger partial charge in [-0.3, -0.25) is 0 Å². The molecule has 0 radical (unpaired) electrons. The number of hydrogen-bond donors (Lipinski definition) is 1. The maximum atomic E-state index is 3.48. The zero-order chi connectivity index (χ0) is 12.1. The summed E-state index contributed by atoms with van der Waals surface area (Å²) in [5.41, 5.74) is 4.14. The number of hydrogen-bond acceptors (Lipinski definition) is 2. The maximum Gasteiger partial charge on any atom is 0.0211 e. The minimum absolute atomic E-state index is 0.958. The first kappa shape index (κ1) is 12.3. The van der Waals surface area contributed by atoms with Crippen molar-refractivity contribution in [2.24, 2.45) is 0 Å². The molecule has 0 aliphatic carbocycles. The average molecular weight is 245 g/mol. The molecule has 1 aromatic heterocycles. The van der Waals surface area contributed by atoms with Crippen LogP contribution < -0.4 is 5.32 Å². The Labute approximate surface area is 108 Å². The summed E-state index contributed by atoms with van der Waals surface area (Å²) in [5.74, 6) is 0. The van der Waals surface area contributed by atoms with E-state index < -0.39 is 0 Å². The molecule has 1 N–H and O–H groups in total. The van der Waals surface area contributed by atoms with Crippen molar-refractivity contribution >= 4 is 11.3 Å². The molecule has 0 aliphatic rings. The Hall–Kier alpha value is -1.12. The number of nitrogens with one attached hydrogen (secondary N) is 1. The molecule has 2 rings (SSSR count). The predicted molar refractivity (Wildman–Crippen MR) is 76.5 cm³/mol. The third-order valence-corrected chi connectivity index (χ3v) is 3.75. The van der Waals surface area contributed by atoms with Crippen LogP contribution in [0.25, 0.3) is 11.1 Å². The molecule has 0 saturated heterocycles. The minimum atomic E-state index is 0.958. The second kappa shape index (κ2) is 5.99. The normalized spacial score (nSPS) is 10.7. The van der Waals surface area contributed by atoms with Gasteiger partial charge in [0.15, 0.2) is 0 Å². The van der Waals surface area contributed by atoms with Gasteiger partial charge in [-0.15, -0.1) is 11.3 Å². The van der Waals surface area contributed by atoms with Crippen LogP contribution in [-0.4, -0.2) is 6.54 Å². The molecule has 0 aliphatic heterocycles. The van der Waals surface area contributed by atoms with Crippen LogP contribution in [0.1, 0.15) is 23.8 Å².